The van der Waals surface area contributed by atoms with Gasteiger partial charge >= 0.3 is 6.03 Å². The van der Waals surface area contributed by atoms with Crippen molar-refractivity contribution in [2.45, 2.75) is 50.4 Å². The van der Waals surface area contributed by atoms with E-state index in [2.05, 4.69) is 19.9 Å². The topological polar surface area (TPSA) is 104 Å². The van der Waals surface area contributed by atoms with Gasteiger partial charge in [-0.1, -0.05) is 24.3 Å². The number of halogens is 2. The molecule has 45 heavy (non-hydrogen) atoms. The predicted molar refractivity (Wildman–Crippen MR) is 176 cm³/mol. The predicted octanol–water partition coefficient (Wildman–Crippen LogP) is 7.04. The molecule has 2 aliphatic heterocycles. The van der Waals surface area contributed by atoms with E-state index in [1.165, 1.54) is 12.1 Å². The molecule has 2 N–H and O–H groups in total. The summed E-state index contributed by atoms with van der Waals surface area (Å²) in [5, 5.41) is 2.96. The summed E-state index contributed by atoms with van der Waals surface area (Å²) >= 11 is 0. The molecule has 0 saturated carbocycles. The fraction of sp³-hybridized carbons (Fsp3) is 0.273. The summed E-state index contributed by atoms with van der Waals surface area (Å²) in [5.74, 6) is 0.654. The molecule has 2 amide bonds. The Morgan fingerprint density at radius 3 is 2.18 bits per heavy atom. The first-order valence-electron chi connectivity index (χ1n) is 14.6. The molecular weight excluding hydrogens is 617 g/mol. The third-order valence-electron chi connectivity index (χ3n) is 8.12. The number of rotatable bonds is 9. The van der Waals surface area contributed by atoms with E-state index in [0.717, 1.165) is 49.7 Å². The van der Waals surface area contributed by atoms with E-state index in [0.29, 0.717) is 35.1 Å². The van der Waals surface area contributed by atoms with E-state index in [1.807, 2.05) is 53.6 Å². The first-order valence-corrected chi connectivity index (χ1v) is 16.5. The summed E-state index contributed by atoms with van der Waals surface area (Å²) in [4.78, 5) is 22.5. The van der Waals surface area contributed by atoms with Gasteiger partial charge in [0, 0.05) is 54.0 Å². The Hall–Kier alpha value is -4.19. The number of benzene rings is 3. The van der Waals surface area contributed by atoms with Crippen LogP contribution in [0.25, 0.3) is 0 Å². The number of amides is 2. The van der Waals surface area contributed by atoms with Crippen molar-refractivity contribution in [2.75, 3.05) is 21.2 Å². The van der Waals surface area contributed by atoms with Gasteiger partial charge in [-0.3, -0.25) is 14.5 Å². The zero-order chi connectivity index (χ0) is 30.7. The van der Waals surface area contributed by atoms with Crippen LogP contribution in [0.3, 0.4) is 0 Å². The Morgan fingerprint density at radius 2 is 1.58 bits per heavy atom. The van der Waals surface area contributed by atoms with Crippen molar-refractivity contribution in [1.29, 1.82) is 0 Å². The smallest absolute Gasteiger partial charge is 0.326 e. The number of fused-ring (bicyclic) bond motifs is 2. The van der Waals surface area contributed by atoms with Crippen molar-refractivity contribution in [2.24, 2.45) is 0 Å². The second-order valence-electron chi connectivity index (χ2n) is 11.3. The average molecular weight is 652 g/mol. The van der Waals surface area contributed by atoms with Gasteiger partial charge in [0.1, 0.15) is 11.6 Å². The Labute approximate surface area is 268 Å². The molecule has 9 nitrogen and oxygen atoms in total. The summed E-state index contributed by atoms with van der Waals surface area (Å²) < 4.78 is 44.5. The minimum Gasteiger partial charge on any atom is -0.439 e. The van der Waals surface area contributed by atoms with E-state index < -0.39 is 10.0 Å². The lowest BCUT2D eigenvalue weighted by Gasteiger charge is -2.43. The zero-order valence-electron chi connectivity index (χ0n) is 24.7. The van der Waals surface area contributed by atoms with Gasteiger partial charge in [0.2, 0.25) is 15.9 Å². The average Bonchev–Trinajstić information content (AvgIpc) is 3.22. The number of nitrogens with zero attached hydrogens (tertiary/aromatic N) is 3. The van der Waals surface area contributed by atoms with Crippen LogP contribution in [0, 0.1) is 5.82 Å². The van der Waals surface area contributed by atoms with Crippen molar-refractivity contribution in [3.8, 4) is 11.6 Å². The number of carbonyl (C=O) groups is 1. The van der Waals surface area contributed by atoms with Crippen LogP contribution in [0.2, 0.25) is 0 Å². The third-order valence-corrected chi connectivity index (χ3v) is 8.72. The summed E-state index contributed by atoms with van der Waals surface area (Å²) in [5.41, 5.74) is 2.93. The lowest BCUT2D eigenvalue weighted by molar-refractivity contribution is 0.118. The minimum atomic E-state index is -3.34. The van der Waals surface area contributed by atoms with E-state index in [9.17, 15) is 17.6 Å². The number of nitrogens with one attached hydrogen (secondary N) is 2. The van der Waals surface area contributed by atoms with Gasteiger partial charge in [-0.2, -0.15) is 0 Å². The maximum Gasteiger partial charge on any atom is 0.326 e. The molecule has 6 rings (SSSR count). The van der Waals surface area contributed by atoms with E-state index in [1.54, 1.807) is 36.4 Å². The minimum absolute atomic E-state index is 0. The number of hydrogen-bond acceptors (Lipinski definition) is 6. The highest BCUT2D eigenvalue weighted by molar-refractivity contribution is 7.92. The van der Waals surface area contributed by atoms with E-state index in [4.69, 9.17) is 4.74 Å². The molecule has 0 spiro atoms. The van der Waals surface area contributed by atoms with E-state index in [-0.39, 0.29) is 30.3 Å². The van der Waals surface area contributed by atoms with Gasteiger partial charge in [-0.15, -0.1) is 12.4 Å². The highest BCUT2D eigenvalue weighted by Gasteiger charge is 2.43. The van der Waals surface area contributed by atoms with Gasteiger partial charge < -0.3 is 10.1 Å². The first kappa shape index (κ1) is 32.2. The summed E-state index contributed by atoms with van der Waals surface area (Å²) in [6.07, 6.45) is 6.77. The van der Waals surface area contributed by atoms with Gasteiger partial charge in [0.05, 0.1) is 6.26 Å². The molecule has 2 fully saturated rings. The molecule has 2 unspecified atom stereocenters. The van der Waals surface area contributed by atoms with Crippen molar-refractivity contribution >= 4 is 45.5 Å². The number of carbonyl (C=O) groups excluding carboxylic acids is 1. The number of anilines is 3. The van der Waals surface area contributed by atoms with Crippen LogP contribution in [0.5, 0.6) is 11.6 Å². The monoisotopic (exact) mass is 651 g/mol. The lowest BCUT2D eigenvalue weighted by Crippen LogP contribution is -2.53. The molecule has 3 aromatic carbocycles. The molecule has 2 aliphatic rings. The largest absolute Gasteiger partial charge is 0.439 e. The van der Waals surface area contributed by atoms with Gasteiger partial charge in [-0.05, 0) is 91.9 Å². The normalized spacial score (nSPS) is 19.3. The standard InChI is InChI=1S/C33H34FN5O4S.ClH/c1-44(41,42)37-26-12-16-31(17-13-26)43-32-18-7-23(21-35-32)22-38-28-14-15-29(38)20-30(19-28)39(27-5-3-2-4-6-27)33(40)36-25-10-8-24(34)9-11-25;/h2-13,16-18,21,28-30,37H,14-15,19-20,22H2,1H3,(H,36,40);1H. The number of sulfonamides is 1. The molecule has 0 aliphatic carbocycles. The lowest BCUT2D eigenvalue weighted by atomic mass is 9.95. The van der Waals surface area contributed by atoms with Crippen LogP contribution in [-0.2, 0) is 16.6 Å². The fourth-order valence-electron chi connectivity index (χ4n) is 6.22. The molecule has 236 valence electrons. The molecule has 2 atom stereocenters. The van der Waals surface area contributed by atoms with Gasteiger partial charge in [-0.25, -0.2) is 22.6 Å². The Bertz CT molecular complexity index is 1680. The molecule has 4 aromatic rings. The number of aromatic nitrogens is 1. The molecule has 3 heterocycles. The zero-order valence-corrected chi connectivity index (χ0v) is 26.3. The Morgan fingerprint density at radius 1 is 0.933 bits per heavy atom. The number of hydrogen-bond donors (Lipinski definition) is 2. The Balaban J connectivity index is 0.00000400. The van der Waals surface area contributed by atoms with Gasteiger partial charge in [0.25, 0.3) is 0 Å². The molecule has 2 saturated heterocycles. The maximum absolute atomic E-state index is 13.6. The fourth-order valence-corrected chi connectivity index (χ4v) is 6.78. The number of piperidine rings is 1. The van der Waals surface area contributed by atoms with Crippen LogP contribution in [0.15, 0.2) is 97.2 Å². The second-order valence-corrected chi connectivity index (χ2v) is 13.1. The molecule has 0 radical (unpaired) electrons. The first-order chi connectivity index (χ1) is 21.2. The SMILES string of the molecule is CS(=O)(=O)Nc1ccc(Oc2ccc(CN3C4CCC3CC(N(C(=O)Nc3ccc(F)cc3)c3ccccc3)C4)cn2)cc1.Cl. The van der Waals surface area contributed by atoms with Gasteiger partial charge in [0.15, 0.2) is 0 Å². The van der Waals surface area contributed by atoms with Crippen molar-refractivity contribution in [1.82, 2.24) is 9.88 Å². The highest BCUT2D eigenvalue weighted by Crippen LogP contribution is 2.40. The second kappa shape index (κ2) is 13.8. The number of ether oxygens (including phenoxy) is 1. The molecule has 2 bridgehead atoms. The highest BCUT2D eigenvalue weighted by atomic mass is 35.5. The molecule has 12 heteroatoms. The van der Waals surface area contributed by atoms with Crippen LogP contribution in [-0.4, -0.2) is 48.7 Å². The quantitative estimate of drug-likeness (QED) is 0.201. The van der Waals surface area contributed by atoms with Crippen LogP contribution < -0.4 is 19.7 Å². The van der Waals surface area contributed by atoms with Crippen LogP contribution in [0.4, 0.5) is 26.2 Å². The summed E-state index contributed by atoms with van der Waals surface area (Å²) in [6.45, 7) is 0.758. The van der Waals surface area contributed by atoms with Crippen molar-refractivity contribution in [3.63, 3.8) is 0 Å². The van der Waals surface area contributed by atoms with Crippen molar-refractivity contribution in [3.05, 3.63) is 109 Å². The number of para-hydroxylation sites is 1. The van der Waals surface area contributed by atoms with Crippen LogP contribution in [0.1, 0.15) is 31.2 Å². The number of urea groups is 1. The number of pyridine rings is 1. The van der Waals surface area contributed by atoms with E-state index >= 15 is 0 Å². The van der Waals surface area contributed by atoms with Crippen LogP contribution >= 0.6 is 12.4 Å². The maximum atomic E-state index is 13.6. The summed E-state index contributed by atoms with van der Waals surface area (Å²) in [6, 6.07) is 26.5. The van der Waals surface area contributed by atoms with Crippen molar-refractivity contribution < 1.29 is 22.3 Å². The molecule has 1 aromatic heterocycles. The Kier molecular flexibility index (Phi) is 9.91. The molecular formula is C33H35ClFN5O4S. The third kappa shape index (κ3) is 8.10. The summed E-state index contributed by atoms with van der Waals surface area (Å²) in [7, 11) is -3.34.